The van der Waals surface area contributed by atoms with Crippen LogP contribution >= 0.6 is 0 Å². The molecule has 0 aliphatic rings. The van der Waals surface area contributed by atoms with E-state index in [1.165, 1.54) is 0 Å². The third-order valence-electron chi connectivity index (χ3n) is 3.71. The van der Waals surface area contributed by atoms with E-state index in [1.807, 2.05) is 48.5 Å². The Morgan fingerprint density at radius 3 is 2.90 bits per heavy atom. The highest BCUT2D eigenvalue weighted by molar-refractivity contribution is 6.09. The van der Waals surface area contributed by atoms with Crippen molar-refractivity contribution in [3.8, 4) is 11.3 Å². The number of para-hydroxylation sites is 2. The number of nitrogens with zero attached hydrogens (tertiary/aromatic N) is 1. The molecule has 0 fully saturated rings. The second-order valence-electron chi connectivity index (χ2n) is 5.01. The van der Waals surface area contributed by atoms with Crippen LogP contribution in [0.5, 0.6) is 0 Å². The lowest BCUT2D eigenvalue weighted by molar-refractivity contribution is 0.670. The van der Waals surface area contributed by atoms with Crippen molar-refractivity contribution in [2.24, 2.45) is 0 Å². The van der Waals surface area contributed by atoms with Crippen LogP contribution in [-0.4, -0.2) is 4.98 Å². The van der Waals surface area contributed by atoms with Gasteiger partial charge in [0.15, 0.2) is 0 Å². The largest absolute Gasteiger partial charge is 0.455 e. The Kier molecular flexibility index (Phi) is 2.11. The lowest BCUT2D eigenvalue weighted by atomic mass is 10.0. The lowest BCUT2D eigenvalue weighted by Crippen LogP contribution is -1.87. The minimum atomic E-state index is -2.00. The number of pyridine rings is 1. The van der Waals surface area contributed by atoms with E-state index in [9.17, 15) is 0 Å². The molecule has 2 aromatic carbocycles. The first-order chi connectivity index (χ1) is 11.5. The van der Waals surface area contributed by atoms with E-state index in [0.29, 0.717) is 0 Å². The molecular weight excluding hydrogens is 258 g/mol. The lowest BCUT2D eigenvalue weighted by Gasteiger charge is -2.03. The molecule has 0 saturated heterocycles. The fraction of sp³-hybridized carbons (Fsp3) is 0.105. The van der Waals surface area contributed by atoms with Gasteiger partial charge in [0, 0.05) is 26.6 Å². The van der Waals surface area contributed by atoms with E-state index in [4.69, 9.17) is 8.53 Å². The molecule has 0 amide bonds. The highest BCUT2D eigenvalue weighted by atomic mass is 16.3. The van der Waals surface area contributed by atoms with Crippen LogP contribution in [0.25, 0.3) is 33.2 Å². The second kappa shape index (κ2) is 4.74. The first kappa shape index (κ1) is 9.35. The van der Waals surface area contributed by atoms with E-state index in [-0.39, 0.29) is 6.42 Å². The van der Waals surface area contributed by atoms with Crippen molar-refractivity contribution in [1.29, 1.82) is 0 Å². The van der Waals surface area contributed by atoms with Gasteiger partial charge in [-0.05, 0) is 36.2 Å². The molecule has 4 rings (SSSR count). The van der Waals surface area contributed by atoms with Crippen LogP contribution in [0.3, 0.4) is 0 Å². The molecule has 0 aliphatic carbocycles. The first-order valence-electron chi connectivity index (χ1n) is 8.37. The van der Waals surface area contributed by atoms with Crippen molar-refractivity contribution in [3.63, 3.8) is 0 Å². The van der Waals surface area contributed by atoms with E-state index in [2.05, 4.69) is 4.98 Å². The Morgan fingerprint density at radius 2 is 1.95 bits per heavy atom. The molecule has 4 aromatic rings. The third-order valence-corrected chi connectivity index (χ3v) is 3.71. The number of hydrogen-bond donors (Lipinski definition) is 0. The third kappa shape index (κ3) is 1.91. The molecule has 0 spiro atoms. The Hall–Kier alpha value is -2.61. The average molecular weight is 276 g/mol. The van der Waals surface area contributed by atoms with E-state index >= 15 is 0 Å². The van der Waals surface area contributed by atoms with Crippen LogP contribution in [0.1, 0.15) is 16.5 Å². The van der Waals surface area contributed by atoms with Gasteiger partial charge in [0.2, 0.25) is 0 Å². The molecule has 21 heavy (non-hydrogen) atoms. The van der Waals surface area contributed by atoms with Gasteiger partial charge in [-0.1, -0.05) is 37.2 Å². The molecule has 2 aromatic heterocycles. The molecule has 0 unspecified atom stereocenters. The minimum absolute atomic E-state index is 0.0264. The number of furan rings is 1. The summed E-state index contributed by atoms with van der Waals surface area (Å²) < 4.78 is 28.4. The van der Waals surface area contributed by atoms with Crippen LogP contribution in [0.4, 0.5) is 0 Å². The topological polar surface area (TPSA) is 26.0 Å². The molecule has 2 heteroatoms. The Labute approximate surface area is 127 Å². The van der Waals surface area contributed by atoms with Crippen molar-refractivity contribution in [2.75, 3.05) is 0 Å². The second-order valence-corrected chi connectivity index (χ2v) is 5.01. The van der Waals surface area contributed by atoms with E-state index < -0.39 is 6.85 Å². The molecule has 0 N–H and O–H groups in total. The van der Waals surface area contributed by atoms with Crippen molar-refractivity contribution in [1.82, 2.24) is 4.98 Å². The number of rotatable bonds is 2. The molecule has 0 atom stereocenters. The standard InChI is InChI=1S/C19H15NO/c1-2-13-10-11-20-17(12-13)16-8-5-7-15-14-6-3-4-9-18(14)21-19(15)16/h3-12H,2H2,1H3/i1D3. The van der Waals surface area contributed by atoms with Crippen LogP contribution in [0.2, 0.25) is 0 Å². The summed E-state index contributed by atoms with van der Waals surface area (Å²) in [5, 5.41) is 2.10. The van der Waals surface area contributed by atoms with E-state index in [0.717, 1.165) is 38.8 Å². The molecular formula is C19H15NO. The maximum Gasteiger partial charge on any atom is 0.144 e. The summed E-state index contributed by atoms with van der Waals surface area (Å²) in [4.78, 5) is 4.42. The number of aromatic nitrogens is 1. The number of aryl methyl sites for hydroxylation is 1. The van der Waals surface area contributed by atoms with Gasteiger partial charge in [-0.2, -0.15) is 0 Å². The van der Waals surface area contributed by atoms with Crippen LogP contribution in [0, 0.1) is 0 Å². The summed E-state index contributed by atoms with van der Waals surface area (Å²) in [7, 11) is 0. The van der Waals surface area contributed by atoms with Gasteiger partial charge < -0.3 is 4.42 Å². The highest BCUT2D eigenvalue weighted by Crippen LogP contribution is 2.34. The molecule has 0 bridgehead atoms. The summed E-state index contributed by atoms with van der Waals surface area (Å²) in [6.07, 6.45) is 1.68. The summed E-state index contributed by atoms with van der Waals surface area (Å²) in [5.41, 5.74) is 3.95. The van der Waals surface area contributed by atoms with Gasteiger partial charge in [0.05, 0.1) is 5.69 Å². The molecule has 0 radical (unpaired) electrons. The summed E-state index contributed by atoms with van der Waals surface area (Å²) in [6.45, 7) is -2.00. The van der Waals surface area contributed by atoms with E-state index in [1.54, 1.807) is 12.3 Å². The summed E-state index contributed by atoms with van der Waals surface area (Å²) in [6, 6.07) is 17.4. The quantitative estimate of drug-likeness (QED) is 0.502. The Balaban J connectivity index is 1.89. The van der Waals surface area contributed by atoms with Gasteiger partial charge in [0.25, 0.3) is 0 Å². The zero-order valence-corrected chi connectivity index (χ0v) is 11.3. The molecule has 102 valence electrons. The number of fused-ring (bicyclic) bond motifs is 3. The normalized spacial score (nSPS) is 14.0. The maximum absolute atomic E-state index is 7.44. The van der Waals surface area contributed by atoms with Crippen molar-refractivity contribution in [3.05, 3.63) is 66.4 Å². The highest BCUT2D eigenvalue weighted by Gasteiger charge is 2.12. The van der Waals surface area contributed by atoms with Gasteiger partial charge in [0.1, 0.15) is 11.2 Å². The molecule has 0 saturated carbocycles. The van der Waals surface area contributed by atoms with Gasteiger partial charge in [-0.15, -0.1) is 0 Å². The first-order valence-corrected chi connectivity index (χ1v) is 6.87. The predicted octanol–water partition coefficient (Wildman–Crippen LogP) is 5.21. The minimum Gasteiger partial charge on any atom is -0.455 e. The fourth-order valence-corrected chi connectivity index (χ4v) is 2.68. The smallest absolute Gasteiger partial charge is 0.144 e. The van der Waals surface area contributed by atoms with Crippen LogP contribution in [0.15, 0.2) is 65.2 Å². The monoisotopic (exact) mass is 276 g/mol. The van der Waals surface area contributed by atoms with Gasteiger partial charge in [-0.25, -0.2) is 0 Å². The van der Waals surface area contributed by atoms with Crippen molar-refractivity contribution >= 4 is 21.9 Å². The zero-order chi connectivity index (χ0) is 16.7. The van der Waals surface area contributed by atoms with Crippen LogP contribution in [-0.2, 0) is 6.42 Å². The number of benzene rings is 2. The van der Waals surface area contributed by atoms with Crippen molar-refractivity contribution in [2.45, 2.75) is 13.3 Å². The SMILES string of the molecule is [2H]C([2H])([2H])Cc1ccnc(-c2cccc3c2oc2ccccc23)c1. The summed E-state index contributed by atoms with van der Waals surface area (Å²) >= 11 is 0. The Morgan fingerprint density at radius 1 is 1.05 bits per heavy atom. The summed E-state index contributed by atoms with van der Waals surface area (Å²) in [5.74, 6) is 0. The van der Waals surface area contributed by atoms with Gasteiger partial charge >= 0.3 is 0 Å². The molecule has 2 heterocycles. The fourth-order valence-electron chi connectivity index (χ4n) is 2.68. The van der Waals surface area contributed by atoms with Crippen molar-refractivity contribution < 1.29 is 8.53 Å². The molecule has 0 aliphatic heterocycles. The van der Waals surface area contributed by atoms with Crippen LogP contribution < -0.4 is 0 Å². The van der Waals surface area contributed by atoms with Gasteiger partial charge in [-0.3, -0.25) is 4.98 Å². The molecule has 2 nitrogen and oxygen atoms in total. The predicted molar refractivity (Wildman–Crippen MR) is 86.3 cm³/mol. The Bertz CT molecular complexity index is 1030. The maximum atomic E-state index is 7.44. The average Bonchev–Trinajstić information content (AvgIpc) is 2.92. The number of hydrogen-bond acceptors (Lipinski definition) is 2. The zero-order valence-electron chi connectivity index (χ0n) is 14.3.